The third kappa shape index (κ3) is 4.74. The van der Waals surface area contributed by atoms with E-state index in [9.17, 15) is 9.65 Å². The van der Waals surface area contributed by atoms with Gasteiger partial charge in [-0.05, 0) is 67.6 Å². The Balaban J connectivity index is 1.37. The maximum Gasteiger partial charge on any atom is 0.149 e. The number of aromatic nitrogens is 5. The van der Waals surface area contributed by atoms with Gasteiger partial charge in [0.15, 0.2) is 0 Å². The molecule has 2 aromatic carbocycles. The summed E-state index contributed by atoms with van der Waals surface area (Å²) in [5.41, 5.74) is 10.1. The zero-order valence-electron chi connectivity index (χ0n) is 20.8. The standard InChI is InChI=1S/C29H27FN8/c30-26-14-20(4-5-21(26)16-31)28-15-29(34-17-19-2-1-3-23(32)12-19)36-38(28)25-6-7-27-22(13-25)18-37(35-27)24-8-10-33-11-9-24/h4-11,13-15,18-19,23H,1-3,12,17,32H2,(H,34,36)/t19?,23-/m0/s1. The fourth-order valence-electron chi connectivity index (χ4n) is 5.18. The first-order valence-corrected chi connectivity index (χ1v) is 12.8. The monoisotopic (exact) mass is 506 g/mol. The van der Waals surface area contributed by atoms with Crippen molar-refractivity contribution in [2.45, 2.75) is 31.7 Å². The number of nitrogens with zero attached hydrogens (tertiary/aromatic N) is 6. The second-order valence-electron chi connectivity index (χ2n) is 9.83. The van der Waals surface area contributed by atoms with Gasteiger partial charge in [-0.25, -0.2) is 13.8 Å². The van der Waals surface area contributed by atoms with Crippen LogP contribution in [-0.4, -0.2) is 37.1 Å². The number of fused-ring (bicyclic) bond motifs is 1. The lowest BCUT2D eigenvalue weighted by Crippen LogP contribution is -2.31. The van der Waals surface area contributed by atoms with Crippen LogP contribution < -0.4 is 11.1 Å². The summed E-state index contributed by atoms with van der Waals surface area (Å²) in [5, 5.41) is 23.1. The molecule has 1 fully saturated rings. The molecule has 1 aliphatic carbocycles. The van der Waals surface area contributed by atoms with Crippen LogP contribution in [0.4, 0.5) is 10.2 Å². The number of hydrogen-bond donors (Lipinski definition) is 2. The Kier molecular flexibility index (Phi) is 6.32. The Morgan fingerprint density at radius 2 is 1.89 bits per heavy atom. The Bertz CT molecular complexity index is 1630. The van der Waals surface area contributed by atoms with Crippen molar-refractivity contribution >= 4 is 16.7 Å². The molecule has 0 bridgehead atoms. The highest BCUT2D eigenvalue weighted by Crippen LogP contribution is 2.30. The molecule has 3 heterocycles. The van der Waals surface area contributed by atoms with Crippen molar-refractivity contribution in [2.24, 2.45) is 11.7 Å². The second-order valence-corrected chi connectivity index (χ2v) is 9.83. The highest BCUT2D eigenvalue weighted by atomic mass is 19.1. The van der Waals surface area contributed by atoms with Gasteiger partial charge < -0.3 is 11.1 Å². The molecule has 0 amide bonds. The molecule has 38 heavy (non-hydrogen) atoms. The fourth-order valence-corrected chi connectivity index (χ4v) is 5.18. The average molecular weight is 507 g/mol. The lowest BCUT2D eigenvalue weighted by Gasteiger charge is -2.26. The van der Waals surface area contributed by atoms with E-state index in [0.717, 1.165) is 60.2 Å². The first-order valence-electron chi connectivity index (χ1n) is 12.8. The summed E-state index contributed by atoms with van der Waals surface area (Å²) in [6.07, 6.45) is 9.80. The van der Waals surface area contributed by atoms with E-state index in [4.69, 9.17) is 10.8 Å². The van der Waals surface area contributed by atoms with E-state index in [1.807, 2.05) is 53.3 Å². The van der Waals surface area contributed by atoms with Crippen molar-refractivity contribution in [3.63, 3.8) is 0 Å². The van der Waals surface area contributed by atoms with E-state index in [-0.39, 0.29) is 11.6 Å². The summed E-state index contributed by atoms with van der Waals surface area (Å²) in [6, 6.07) is 18.4. The molecule has 6 rings (SSSR count). The van der Waals surface area contributed by atoms with Crippen LogP contribution in [0.15, 0.2) is 73.2 Å². The number of hydrogen-bond acceptors (Lipinski definition) is 6. The van der Waals surface area contributed by atoms with E-state index in [0.29, 0.717) is 17.3 Å². The molecule has 0 saturated heterocycles. The topological polar surface area (TPSA) is 110 Å². The zero-order chi connectivity index (χ0) is 26.1. The van der Waals surface area contributed by atoms with Crippen LogP contribution in [0.25, 0.3) is 33.5 Å². The minimum atomic E-state index is -0.558. The Hall–Kier alpha value is -4.55. The van der Waals surface area contributed by atoms with Crippen LogP contribution in [0.2, 0.25) is 0 Å². The van der Waals surface area contributed by atoms with Gasteiger partial charge in [-0.1, -0.05) is 12.5 Å². The third-order valence-electron chi connectivity index (χ3n) is 7.15. The number of nitrogens with one attached hydrogen (secondary N) is 1. The van der Waals surface area contributed by atoms with E-state index in [1.165, 1.54) is 12.1 Å². The molecule has 3 N–H and O–H groups in total. The first-order chi connectivity index (χ1) is 18.6. The average Bonchev–Trinajstić information content (AvgIpc) is 3.57. The number of benzene rings is 2. The van der Waals surface area contributed by atoms with Crippen molar-refractivity contribution in [2.75, 3.05) is 11.9 Å². The summed E-state index contributed by atoms with van der Waals surface area (Å²) in [5.74, 6) is 0.643. The van der Waals surface area contributed by atoms with Crippen molar-refractivity contribution in [1.29, 1.82) is 5.26 Å². The predicted octanol–water partition coefficient (Wildman–Crippen LogP) is 5.21. The number of rotatable bonds is 6. The zero-order valence-corrected chi connectivity index (χ0v) is 20.8. The van der Waals surface area contributed by atoms with E-state index < -0.39 is 5.82 Å². The molecular weight excluding hydrogens is 479 g/mol. The summed E-state index contributed by atoms with van der Waals surface area (Å²) in [4.78, 5) is 4.08. The molecule has 0 spiro atoms. The van der Waals surface area contributed by atoms with Crippen molar-refractivity contribution in [1.82, 2.24) is 24.5 Å². The third-order valence-corrected chi connectivity index (χ3v) is 7.15. The van der Waals surface area contributed by atoms with Gasteiger partial charge in [-0.15, -0.1) is 5.10 Å². The molecule has 190 valence electrons. The Morgan fingerprint density at radius 1 is 1.03 bits per heavy atom. The number of anilines is 1. The van der Waals surface area contributed by atoms with E-state index in [1.54, 1.807) is 23.1 Å². The Morgan fingerprint density at radius 3 is 2.68 bits per heavy atom. The summed E-state index contributed by atoms with van der Waals surface area (Å²) < 4.78 is 18.2. The molecule has 1 aliphatic rings. The molecule has 3 aromatic heterocycles. The molecule has 0 radical (unpaired) electrons. The molecule has 8 nitrogen and oxygen atoms in total. The molecule has 1 saturated carbocycles. The molecule has 0 aliphatic heterocycles. The fraction of sp³-hybridized carbons (Fsp3) is 0.241. The van der Waals surface area contributed by atoms with Crippen LogP contribution in [-0.2, 0) is 0 Å². The molecule has 2 atom stereocenters. The predicted molar refractivity (Wildman–Crippen MR) is 145 cm³/mol. The van der Waals surface area contributed by atoms with Gasteiger partial charge in [-0.3, -0.25) is 4.98 Å². The van der Waals surface area contributed by atoms with Crippen LogP contribution in [0.5, 0.6) is 0 Å². The first kappa shape index (κ1) is 23.8. The van der Waals surface area contributed by atoms with Crippen molar-refractivity contribution in [3.05, 3.63) is 84.6 Å². The summed E-state index contributed by atoms with van der Waals surface area (Å²) >= 11 is 0. The highest BCUT2D eigenvalue weighted by molar-refractivity contribution is 5.81. The highest BCUT2D eigenvalue weighted by Gasteiger charge is 2.20. The number of halogens is 1. The van der Waals surface area contributed by atoms with E-state index >= 15 is 0 Å². The molecular formula is C29H27FN8. The Labute approximate surface area is 219 Å². The largest absolute Gasteiger partial charge is 0.368 e. The van der Waals surface area contributed by atoms with Crippen molar-refractivity contribution in [3.8, 4) is 28.7 Å². The summed E-state index contributed by atoms with van der Waals surface area (Å²) in [7, 11) is 0. The van der Waals surface area contributed by atoms with E-state index in [2.05, 4.69) is 15.4 Å². The molecule has 9 heteroatoms. The minimum absolute atomic E-state index is 0.0109. The number of nitrogens with two attached hydrogens (primary N) is 1. The van der Waals surface area contributed by atoms with Gasteiger partial charge in [-0.2, -0.15) is 10.4 Å². The van der Waals surface area contributed by atoms with Crippen LogP contribution in [0.1, 0.15) is 31.2 Å². The second kappa shape index (κ2) is 10.1. The van der Waals surface area contributed by atoms with Gasteiger partial charge >= 0.3 is 0 Å². The van der Waals surface area contributed by atoms with Crippen LogP contribution >= 0.6 is 0 Å². The van der Waals surface area contributed by atoms with Gasteiger partial charge in [0.25, 0.3) is 0 Å². The smallest absolute Gasteiger partial charge is 0.149 e. The SMILES string of the molecule is N#Cc1ccc(-c2cc(NCC3CCC[C@H](N)C3)nn2-c2ccc3nn(-c4ccncc4)cc3c2)cc1F. The molecule has 1 unspecified atom stereocenters. The summed E-state index contributed by atoms with van der Waals surface area (Å²) in [6.45, 7) is 0.781. The van der Waals surface area contributed by atoms with Crippen LogP contribution in [0.3, 0.4) is 0 Å². The van der Waals surface area contributed by atoms with Crippen molar-refractivity contribution < 1.29 is 4.39 Å². The molecule has 5 aromatic rings. The number of pyridine rings is 1. The lowest BCUT2D eigenvalue weighted by molar-refractivity contribution is 0.335. The number of nitriles is 1. The van der Waals surface area contributed by atoms with Gasteiger partial charge in [0.2, 0.25) is 0 Å². The quantitative estimate of drug-likeness (QED) is 0.327. The minimum Gasteiger partial charge on any atom is -0.368 e. The van der Waals surface area contributed by atoms with Gasteiger partial charge in [0.05, 0.1) is 28.1 Å². The van der Waals surface area contributed by atoms with Gasteiger partial charge in [0.1, 0.15) is 17.7 Å². The van der Waals surface area contributed by atoms with Gasteiger partial charge in [0, 0.05) is 48.2 Å². The lowest BCUT2D eigenvalue weighted by atomic mass is 9.86. The maximum absolute atomic E-state index is 14.6. The van der Waals surface area contributed by atoms with Crippen LogP contribution in [0, 0.1) is 23.1 Å². The normalized spacial score (nSPS) is 17.4. The maximum atomic E-state index is 14.6.